The highest BCUT2D eigenvalue weighted by Crippen LogP contribution is 2.25. The average Bonchev–Trinajstić information content (AvgIpc) is 2.64. The molecule has 2 fully saturated rings. The highest BCUT2D eigenvalue weighted by Gasteiger charge is 2.31. The molecule has 1 aromatic carbocycles. The molecule has 1 aliphatic carbocycles. The monoisotopic (exact) mass is 380 g/mol. The SMILES string of the molecule is C[C@H]1CCCCN1S(=O)(=O)c1ccc(C(=O)NC2CCC(O)CC2)cc1. The highest BCUT2D eigenvalue weighted by molar-refractivity contribution is 7.89. The molecule has 0 spiro atoms. The molecule has 1 heterocycles. The number of nitrogens with one attached hydrogen (secondary N) is 1. The Labute approximate surface area is 155 Å². The van der Waals surface area contributed by atoms with Gasteiger partial charge in [-0.1, -0.05) is 6.42 Å². The molecule has 0 aromatic heterocycles. The molecule has 2 aliphatic rings. The van der Waals surface area contributed by atoms with Crippen LogP contribution in [-0.4, -0.2) is 48.5 Å². The number of hydrogen-bond acceptors (Lipinski definition) is 4. The van der Waals surface area contributed by atoms with E-state index >= 15 is 0 Å². The van der Waals surface area contributed by atoms with Crippen molar-refractivity contribution in [3.05, 3.63) is 29.8 Å². The Kier molecular flexibility index (Phi) is 5.99. The van der Waals surface area contributed by atoms with E-state index < -0.39 is 10.0 Å². The topological polar surface area (TPSA) is 86.7 Å². The van der Waals surface area contributed by atoms with Crippen molar-refractivity contribution in [1.82, 2.24) is 9.62 Å². The Hall–Kier alpha value is -1.44. The second-order valence-corrected chi connectivity index (χ2v) is 9.35. The molecule has 2 N–H and O–H groups in total. The number of nitrogens with zero attached hydrogens (tertiary/aromatic N) is 1. The van der Waals surface area contributed by atoms with E-state index in [2.05, 4.69) is 5.32 Å². The Bertz CT molecular complexity index is 724. The van der Waals surface area contributed by atoms with E-state index in [-0.39, 0.29) is 29.0 Å². The van der Waals surface area contributed by atoms with Gasteiger partial charge in [-0.3, -0.25) is 4.79 Å². The number of aliphatic hydroxyl groups excluding tert-OH is 1. The van der Waals surface area contributed by atoms with Crippen molar-refractivity contribution in [2.45, 2.75) is 75.0 Å². The number of hydrogen-bond donors (Lipinski definition) is 2. The third-order valence-corrected chi connectivity index (χ3v) is 7.52. The molecule has 1 aliphatic heterocycles. The molecular weight excluding hydrogens is 352 g/mol. The fourth-order valence-electron chi connectivity index (χ4n) is 3.83. The molecule has 26 heavy (non-hydrogen) atoms. The molecule has 1 saturated heterocycles. The maximum Gasteiger partial charge on any atom is 0.251 e. The molecular formula is C19H28N2O4S. The Balaban J connectivity index is 1.66. The van der Waals surface area contributed by atoms with Crippen LogP contribution >= 0.6 is 0 Å². The van der Waals surface area contributed by atoms with E-state index in [1.54, 1.807) is 16.4 Å². The van der Waals surface area contributed by atoms with Gasteiger partial charge in [0.05, 0.1) is 11.0 Å². The van der Waals surface area contributed by atoms with E-state index in [0.29, 0.717) is 24.9 Å². The van der Waals surface area contributed by atoms with Gasteiger partial charge >= 0.3 is 0 Å². The van der Waals surface area contributed by atoms with Crippen LogP contribution in [0.25, 0.3) is 0 Å². The second kappa shape index (κ2) is 8.06. The zero-order chi connectivity index (χ0) is 18.7. The maximum absolute atomic E-state index is 12.8. The first-order valence-electron chi connectivity index (χ1n) is 9.49. The minimum atomic E-state index is -3.51. The molecule has 7 heteroatoms. The van der Waals surface area contributed by atoms with Gasteiger partial charge in [0, 0.05) is 24.2 Å². The van der Waals surface area contributed by atoms with Crippen molar-refractivity contribution in [2.75, 3.05) is 6.54 Å². The molecule has 1 saturated carbocycles. The fraction of sp³-hybridized carbons (Fsp3) is 0.632. The van der Waals surface area contributed by atoms with Gasteiger partial charge < -0.3 is 10.4 Å². The van der Waals surface area contributed by atoms with Gasteiger partial charge in [0.25, 0.3) is 5.91 Å². The van der Waals surface area contributed by atoms with Gasteiger partial charge in [-0.2, -0.15) is 4.31 Å². The van der Waals surface area contributed by atoms with Crippen molar-refractivity contribution in [2.24, 2.45) is 0 Å². The zero-order valence-electron chi connectivity index (χ0n) is 15.2. The van der Waals surface area contributed by atoms with Crippen molar-refractivity contribution in [3.63, 3.8) is 0 Å². The summed E-state index contributed by atoms with van der Waals surface area (Å²) in [4.78, 5) is 12.6. The first kappa shape index (κ1) is 19.3. The van der Waals surface area contributed by atoms with Gasteiger partial charge in [-0.15, -0.1) is 0 Å². The van der Waals surface area contributed by atoms with E-state index in [1.165, 1.54) is 12.1 Å². The molecule has 0 radical (unpaired) electrons. The third kappa shape index (κ3) is 4.27. The molecule has 144 valence electrons. The summed E-state index contributed by atoms with van der Waals surface area (Å²) >= 11 is 0. The number of benzene rings is 1. The number of rotatable bonds is 4. The Morgan fingerprint density at radius 2 is 1.73 bits per heavy atom. The van der Waals surface area contributed by atoms with Gasteiger partial charge in [0.15, 0.2) is 0 Å². The maximum atomic E-state index is 12.8. The predicted molar refractivity (Wildman–Crippen MR) is 99.4 cm³/mol. The lowest BCUT2D eigenvalue weighted by Gasteiger charge is -2.32. The summed E-state index contributed by atoms with van der Waals surface area (Å²) in [5.41, 5.74) is 0.460. The first-order valence-corrected chi connectivity index (χ1v) is 10.9. The van der Waals surface area contributed by atoms with Crippen molar-refractivity contribution < 1.29 is 18.3 Å². The summed E-state index contributed by atoms with van der Waals surface area (Å²) in [6.07, 6.45) is 5.52. The van der Waals surface area contributed by atoms with Gasteiger partial charge in [-0.25, -0.2) is 8.42 Å². The predicted octanol–water partition coefficient (Wildman–Crippen LogP) is 2.28. The normalized spacial score (nSPS) is 27.8. The molecule has 6 nitrogen and oxygen atoms in total. The van der Waals surface area contributed by atoms with Gasteiger partial charge in [-0.05, 0) is 69.7 Å². The summed E-state index contributed by atoms with van der Waals surface area (Å²) in [5.74, 6) is -0.193. The zero-order valence-corrected chi connectivity index (χ0v) is 16.0. The van der Waals surface area contributed by atoms with Crippen LogP contribution in [0.5, 0.6) is 0 Å². The number of carbonyl (C=O) groups excluding carboxylic acids is 1. The number of amides is 1. The number of carbonyl (C=O) groups is 1. The fourth-order valence-corrected chi connectivity index (χ4v) is 5.53. The molecule has 0 unspecified atom stereocenters. The van der Waals surface area contributed by atoms with Crippen molar-refractivity contribution >= 4 is 15.9 Å². The molecule has 1 amide bonds. The second-order valence-electron chi connectivity index (χ2n) is 7.46. The first-order chi connectivity index (χ1) is 12.4. The van der Waals surface area contributed by atoms with Crippen LogP contribution in [0.2, 0.25) is 0 Å². The molecule has 3 rings (SSSR count). The van der Waals surface area contributed by atoms with Crippen molar-refractivity contribution in [1.29, 1.82) is 0 Å². The lowest BCUT2D eigenvalue weighted by molar-refractivity contribution is 0.0867. The average molecular weight is 381 g/mol. The minimum absolute atomic E-state index is 0.0124. The number of piperidine rings is 1. The summed E-state index contributed by atoms with van der Waals surface area (Å²) < 4.78 is 27.2. The summed E-state index contributed by atoms with van der Waals surface area (Å²) in [7, 11) is -3.51. The Morgan fingerprint density at radius 1 is 1.08 bits per heavy atom. The van der Waals surface area contributed by atoms with E-state index in [0.717, 1.165) is 32.1 Å². The lowest BCUT2D eigenvalue weighted by Crippen LogP contribution is -2.42. The van der Waals surface area contributed by atoms with Crippen LogP contribution in [0.3, 0.4) is 0 Å². The van der Waals surface area contributed by atoms with Crippen molar-refractivity contribution in [3.8, 4) is 0 Å². The lowest BCUT2D eigenvalue weighted by atomic mass is 9.93. The van der Waals surface area contributed by atoms with E-state index in [4.69, 9.17) is 0 Å². The van der Waals surface area contributed by atoms with E-state index in [1.807, 2.05) is 6.92 Å². The summed E-state index contributed by atoms with van der Waals surface area (Å²) in [5, 5.41) is 12.5. The van der Waals surface area contributed by atoms with Gasteiger partial charge in [0.2, 0.25) is 10.0 Å². The largest absolute Gasteiger partial charge is 0.393 e. The summed E-state index contributed by atoms with van der Waals surface area (Å²) in [6.45, 7) is 2.50. The van der Waals surface area contributed by atoms with E-state index in [9.17, 15) is 18.3 Å². The molecule has 0 bridgehead atoms. The quantitative estimate of drug-likeness (QED) is 0.839. The third-order valence-electron chi connectivity index (χ3n) is 5.50. The Morgan fingerprint density at radius 3 is 2.35 bits per heavy atom. The molecule has 1 atom stereocenters. The highest BCUT2D eigenvalue weighted by atomic mass is 32.2. The van der Waals surface area contributed by atoms with Crippen LogP contribution in [0.4, 0.5) is 0 Å². The standard InChI is InChI=1S/C19H28N2O4S/c1-14-4-2-3-13-21(14)26(24,25)18-11-5-15(6-12-18)19(23)20-16-7-9-17(22)10-8-16/h5-6,11-12,14,16-17,22H,2-4,7-10,13H2,1H3,(H,20,23)/t14-,16?,17?/m0/s1. The smallest absolute Gasteiger partial charge is 0.251 e. The van der Waals surface area contributed by atoms with Crippen LogP contribution in [0, 0.1) is 0 Å². The molecule has 1 aromatic rings. The number of aliphatic hydroxyl groups is 1. The van der Waals surface area contributed by atoms with Crippen LogP contribution in [0.1, 0.15) is 62.2 Å². The number of sulfonamides is 1. The summed E-state index contributed by atoms with van der Waals surface area (Å²) in [6, 6.07) is 6.29. The van der Waals surface area contributed by atoms with Crippen LogP contribution in [0.15, 0.2) is 29.2 Å². The van der Waals surface area contributed by atoms with Crippen LogP contribution in [-0.2, 0) is 10.0 Å². The minimum Gasteiger partial charge on any atom is -0.393 e. The van der Waals surface area contributed by atoms with Gasteiger partial charge in [0.1, 0.15) is 0 Å². The van der Waals surface area contributed by atoms with Crippen LogP contribution < -0.4 is 5.32 Å².